The molecule has 0 saturated heterocycles. The number of nitrogens with zero attached hydrogens (tertiary/aromatic N) is 1. The van der Waals surface area contributed by atoms with E-state index >= 15 is 0 Å². The van der Waals surface area contributed by atoms with Gasteiger partial charge >= 0.3 is 0 Å². The molecule has 1 aliphatic carbocycles. The molecule has 2 heterocycles. The second-order valence-corrected chi connectivity index (χ2v) is 14.0. The maximum absolute atomic E-state index is 13.3. The number of hydrogen-bond acceptors (Lipinski definition) is 7. The van der Waals surface area contributed by atoms with Gasteiger partial charge < -0.3 is 25.8 Å². The Bertz CT molecular complexity index is 1460. The lowest BCUT2D eigenvalue weighted by molar-refractivity contribution is -0.137. The molecule has 3 rings (SSSR count). The first-order valence-corrected chi connectivity index (χ1v) is 16.1. The van der Waals surface area contributed by atoms with E-state index in [1.165, 1.54) is 36.0 Å². The van der Waals surface area contributed by atoms with Crippen molar-refractivity contribution in [1.82, 2.24) is 20.5 Å². The van der Waals surface area contributed by atoms with Gasteiger partial charge in [-0.25, -0.2) is 0 Å². The standard InChI is InChI=1S/C30H39Cl2N5O6S/c1-5-6-8-17-13-18(15-30(17,2)3)34-24(39)16-37-12-7-9-21(29(37)43)36-27(41)20(10-11-22(38)28(42)33-4)35-26(40)19-14-23(31)44-25(19)32/h7,9,12,14,17-18,20H,5-6,8,10-11,13,15-16H2,1-4H3,(H,33,42)(H,34,39)(H,35,40)(H,36,41)/t17?,18?,20-/m0/s1. The third kappa shape index (κ3) is 9.39. The van der Waals surface area contributed by atoms with Crippen molar-refractivity contribution in [2.45, 2.75) is 84.3 Å². The Morgan fingerprint density at radius 1 is 1.18 bits per heavy atom. The number of halogens is 2. The van der Waals surface area contributed by atoms with Gasteiger partial charge in [0.25, 0.3) is 17.4 Å². The fraction of sp³-hybridized carbons (Fsp3) is 0.533. The summed E-state index contributed by atoms with van der Waals surface area (Å²) in [5, 5.41) is 10.3. The third-order valence-electron chi connectivity index (χ3n) is 7.97. The number of nitrogens with one attached hydrogen (secondary N) is 4. The van der Waals surface area contributed by atoms with Crippen molar-refractivity contribution in [2.75, 3.05) is 12.4 Å². The molecule has 0 aliphatic heterocycles. The Morgan fingerprint density at radius 2 is 1.91 bits per heavy atom. The van der Waals surface area contributed by atoms with Crippen LogP contribution in [0.3, 0.4) is 0 Å². The van der Waals surface area contributed by atoms with Crippen LogP contribution < -0.4 is 26.8 Å². The van der Waals surface area contributed by atoms with Crippen molar-refractivity contribution in [3.05, 3.63) is 49.0 Å². The van der Waals surface area contributed by atoms with Crippen LogP contribution in [0.4, 0.5) is 5.69 Å². The largest absolute Gasteiger partial charge is 0.353 e. The van der Waals surface area contributed by atoms with Gasteiger partial charge in [0, 0.05) is 25.7 Å². The molecule has 4 amide bonds. The zero-order valence-corrected chi connectivity index (χ0v) is 27.6. The average molecular weight is 669 g/mol. The fourth-order valence-corrected chi connectivity index (χ4v) is 7.01. The minimum absolute atomic E-state index is 0.0198. The summed E-state index contributed by atoms with van der Waals surface area (Å²) < 4.78 is 1.56. The highest BCUT2D eigenvalue weighted by atomic mass is 35.5. The van der Waals surface area contributed by atoms with E-state index < -0.39 is 35.1 Å². The first-order valence-electron chi connectivity index (χ1n) is 14.6. The number of likely N-dealkylation sites (N-methyl/N-ethyl adjacent to an activating group) is 1. The summed E-state index contributed by atoms with van der Waals surface area (Å²) in [5.74, 6) is -2.94. The van der Waals surface area contributed by atoms with Gasteiger partial charge in [0.1, 0.15) is 22.6 Å². The molecule has 14 heteroatoms. The average Bonchev–Trinajstić information content (AvgIpc) is 3.45. The number of aromatic nitrogens is 1. The van der Waals surface area contributed by atoms with E-state index in [4.69, 9.17) is 23.2 Å². The van der Waals surface area contributed by atoms with Crippen LogP contribution in [0.5, 0.6) is 0 Å². The van der Waals surface area contributed by atoms with Crippen LogP contribution in [0.1, 0.15) is 76.1 Å². The number of Topliss-reactive ketones (excluding diaryl/α,β-unsaturated/α-hetero) is 1. The predicted molar refractivity (Wildman–Crippen MR) is 171 cm³/mol. The van der Waals surface area contributed by atoms with Crippen LogP contribution >= 0.6 is 34.5 Å². The van der Waals surface area contributed by atoms with E-state index in [9.17, 15) is 28.8 Å². The second kappa shape index (κ2) is 15.7. The Kier molecular flexibility index (Phi) is 12.6. The molecule has 3 atom stereocenters. The van der Waals surface area contributed by atoms with Crippen LogP contribution in [-0.4, -0.2) is 53.1 Å². The summed E-state index contributed by atoms with van der Waals surface area (Å²) in [4.78, 5) is 76.1. The smallest absolute Gasteiger partial charge is 0.287 e. The van der Waals surface area contributed by atoms with Gasteiger partial charge in [0.2, 0.25) is 17.6 Å². The monoisotopic (exact) mass is 667 g/mol. The molecule has 0 radical (unpaired) electrons. The molecule has 0 aromatic carbocycles. The number of pyridine rings is 1. The lowest BCUT2D eigenvalue weighted by Crippen LogP contribution is -2.45. The maximum atomic E-state index is 13.3. The Hall–Kier alpha value is -3.22. The molecule has 0 bridgehead atoms. The molecule has 1 saturated carbocycles. The van der Waals surface area contributed by atoms with E-state index in [1.807, 2.05) is 0 Å². The highest BCUT2D eigenvalue weighted by Gasteiger charge is 2.40. The number of hydrogen-bond donors (Lipinski definition) is 4. The maximum Gasteiger partial charge on any atom is 0.287 e. The molecule has 4 N–H and O–H groups in total. The number of carbonyl (C=O) groups is 5. The number of carbonyl (C=O) groups excluding carboxylic acids is 5. The number of thiophene rings is 1. The molecular formula is C30H39Cl2N5O6S. The second-order valence-electron chi connectivity index (χ2n) is 11.7. The molecule has 2 unspecified atom stereocenters. The van der Waals surface area contributed by atoms with Gasteiger partial charge in [-0.15, -0.1) is 11.3 Å². The van der Waals surface area contributed by atoms with E-state index in [0.29, 0.717) is 5.92 Å². The van der Waals surface area contributed by atoms with Gasteiger partial charge in [-0.3, -0.25) is 28.8 Å². The first kappa shape index (κ1) is 35.3. The highest BCUT2D eigenvalue weighted by Crippen LogP contribution is 2.45. The number of rotatable bonds is 14. The molecule has 240 valence electrons. The van der Waals surface area contributed by atoms with Crippen molar-refractivity contribution in [3.63, 3.8) is 0 Å². The van der Waals surface area contributed by atoms with Crippen molar-refractivity contribution in [3.8, 4) is 0 Å². The van der Waals surface area contributed by atoms with Crippen LogP contribution in [0.15, 0.2) is 29.2 Å². The number of ketones is 1. The zero-order valence-electron chi connectivity index (χ0n) is 25.3. The van der Waals surface area contributed by atoms with E-state index in [1.54, 1.807) is 0 Å². The van der Waals surface area contributed by atoms with Crippen molar-refractivity contribution in [1.29, 1.82) is 0 Å². The summed E-state index contributed by atoms with van der Waals surface area (Å²) in [6.45, 7) is 6.38. The summed E-state index contributed by atoms with van der Waals surface area (Å²) in [5.41, 5.74) is -0.595. The first-order chi connectivity index (χ1) is 20.7. The van der Waals surface area contributed by atoms with E-state index in [0.717, 1.165) is 43.4 Å². The predicted octanol–water partition coefficient (Wildman–Crippen LogP) is 4.16. The molecule has 11 nitrogen and oxygen atoms in total. The summed E-state index contributed by atoms with van der Waals surface area (Å²) in [7, 11) is 1.30. The quantitative estimate of drug-likeness (QED) is 0.222. The summed E-state index contributed by atoms with van der Waals surface area (Å²) in [6.07, 6.45) is 5.99. The third-order valence-corrected chi connectivity index (χ3v) is 9.46. The van der Waals surface area contributed by atoms with Gasteiger partial charge in [-0.05, 0) is 55.2 Å². The SMILES string of the molecule is CCCCC1CC(NC(=O)Cn2cccc(NC(=O)[C@H](CCC(=O)C(=O)NC)NC(=O)c3cc(Cl)sc3Cl)c2=O)CC1(C)C. The minimum atomic E-state index is -1.31. The summed E-state index contributed by atoms with van der Waals surface area (Å²) in [6, 6.07) is 2.93. The van der Waals surface area contributed by atoms with Crippen LogP contribution in [0.2, 0.25) is 8.67 Å². The van der Waals surface area contributed by atoms with Crippen LogP contribution in [0.25, 0.3) is 0 Å². The van der Waals surface area contributed by atoms with Crippen LogP contribution in [-0.2, 0) is 25.7 Å². The fourth-order valence-electron chi connectivity index (χ4n) is 5.55. The van der Waals surface area contributed by atoms with Gasteiger partial charge in [-0.2, -0.15) is 0 Å². The Balaban J connectivity index is 1.70. The van der Waals surface area contributed by atoms with Gasteiger partial charge in [0.15, 0.2) is 0 Å². The van der Waals surface area contributed by atoms with E-state index in [2.05, 4.69) is 42.0 Å². The lowest BCUT2D eigenvalue weighted by atomic mass is 9.79. The normalized spacial score (nSPS) is 17.9. The number of unbranched alkanes of at least 4 members (excludes halogenated alkanes) is 1. The Labute approximate surface area is 270 Å². The van der Waals surface area contributed by atoms with E-state index in [-0.39, 0.29) is 56.7 Å². The van der Waals surface area contributed by atoms with Crippen molar-refractivity contribution < 1.29 is 24.0 Å². The number of anilines is 1. The Morgan fingerprint density at radius 3 is 2.55 bits per heavy atom. The summed E-state index contributed by atoms with van der Waals surface area (Å²) >= 11 is 13.0. The molecular weight excluding hydrogens is 629 g/mol. The number of amides is 4. The topological polar surface area (TPSA) is 155 Å². The van der Waals surface area contributed by atoms with Gasteiger partial charge in [-0.1, -0.05) is 56.8 Å². The molecule has 1 fully saturated rings. The molecule has 2 aromatic heterocycles. The van der Waals surface area contributed by atoms with Crippen molar-refractivity contribution in [2.24, 2.45) is 11.3 Å². The lowest BCUT2D eigenvalue weighted by Gasteiger charge is -2.26. The molecule has 2 aromatic rings. The minimum Gasteiger partial charge on any atom is -0.353 e. The van der Waals surface area contributed by atoms with Crippen molar-refractivity contribution >= 4 is 69.6 Å². The molecule has 1 aliphatic rings. The molecule has 0 spiro atoms. The zero-order chi connectivity index (χ0) is 32.6. The van der Waals surface area contributed by atoms with Gasteiger partial charge in [0.05, 0.1) is 9.90 Å². The molecule has 44 heavy (non-hydrogen) atoms. The highest BCUT2D eigenvalue weighted by molar-refractivity contribution is 7.20. The van der Waals surface area contributed by atoms with Crippen LogP contribution in [0, 0.1) is 11.3 Å².